The topological polar surface area (TPSA) is 87.0 Å². The van der Waals surface area contributed by atoms with Crippen LogP contribution in [0.5, 0.6) is 0 Å². The average molecular weight is 359 g/mol. The third-order valence-electron chi connectivity index (χ3n) is 4.21. The molecule has 0 aromatic carbocycles. The van der Waals surface area contributed by atoms with Crippen LogP contribution in [-0.4, -0.2) is 46.2 Å². The molecule has 0 aromatic heterocycles. The molecular formula is C20H38O5. The van der Waals surface area contributed by atoms with Crippen LogP contribution in [-0.2, 0) is 9.53 Å². The fourth-order valence-electron chi connectivity index (χ4n) is 2.63. The minimum absolute atomic E-state index is 0.208. The molecule has 0 saturated heterocycles. The molecule has 0 amide bonds. The van der Waals surface area contributed by atoms with Crippen molar-refractivity contribution in [1.82, 2.24) is 0 Å². The maximum atomic E-state index is 11.2. The Kier molecular flexibility index (Phi) is 16.0. The molecule has 0 spiro atoms. The van der Waals surface area contributed by atoms with E-state index in [0.29, 0.717) is 38.7 Å². The maximum absolute atomic E-state index is 11.2. The number of ether oxygens (including phenoxy) is 1. The van der Waals surface area contributed by atoms with Gasteiger partial charge in [0.25, 0.3) is 0 Å². The molecule has 0 saturated carbocycles. The van der Waals surface area contributed by atoms with E-state index in [1.165, 1.54) is 37.8 Å². The Morgan fingerprint density at radius 1 is 0.880 bits per heavy atom. The van der Waals surface area contributed by atoms with Gasteiger partial charge in [-0.05, 0) is 32.6 Å². The van der Waals surface area contributed by atoms with Gasteiger partial charge in [0.15, 0.2) is 0 Å². The number of hydrogen-bond acceptors (Lipinski definition) is 5. The molecule has 0 bridgehead atoms. The van der Waals surface area contributed by atoms with E-state index in [0.717, 1.165) is 12.8 Å². The van der Waals surface area contributed by atoms with E-state index in [-0.39, 0.29) is 5.97 Å². The van der Waals surface area contributed by atoms with Crippen LogP contribution < -0.4 is 0 Å². The number of unbranched alkanes of at least 4 members (excludes halogenated alkanes) is 6. The van der Waals surface area contributed by atoms with Crippen molar-refractivity contribution in [3.8, 4) is 0 Å². The number of hydrogen-bond donors (Lipinski definition) is 3. The van der Waals surface area contributed by atoms with Gasteiger partial charge >= 0.3 is 5.97 Å². The number of rotatable bonds is 16. The average Bonchev–Trinajstić information content (AvgIpc) is 2.59. The Labute approximate surface area is 153 Å². The lowest BCUT2D eigenvalue weighted by molar-refractivity contribution is -0.143. The smallest absolute Gasteiger partial charge is 0.305 e. The van der Waals surface area contributed by atoms with Crippen molar-refractivity contribution in [2.75, 3.05) is 6.61 Å². The summed E-state index contributed by atoms with van der Waals surface area (Å²) in [6.45, 7) is 4.35. The second kappa shape index (κ2) is 16.6. The number of carbonyl (C=O) groups is 1. The predicted molar refractivity (Wildman–Crippen MR) is 100 cm³/mol. The van der Waals surface area contributed by atoms with Gasteiger partial charge in [-0.3, -0.25) is 4.79 Å². The van der Waals surface area contributed by atoms with Crippen molar-refractivity contribution in [2.24, 2.45) is 0 Å². The van der Waals surface area contributed by atoms with Gasteiger partial charge in [-0.1, -0.05) is 57.6 Å². The highest BCUT2D eigenvalue weighted by Gasteiger charge is 2.13. The van der Waals surface area contributed by atoms with Crippen LogP contribution in [0, 0.1) is 0 Å². The van der Waals surface area contributed by atoms with Crippen molar-refractivity contribution in [1.29, 1.82) is 0 Å². The van der Waals surface area contributed by atoms with Gasteiger partial charge in [-0.15, -0.1) is 0 Å². The highest BCUT2D eigenvalue weighted by Crippen LogP contribution is 2.12. The molecule has 0 rings (SSSR count). The molecule has 0 aliphatic rings. The van der Waals surface area contributed by atoms with Crippen molar-refractivity contribution in [3.63, 3.8) is 0 Å². The first-order chi connectivity index (χ1) is 12.0. The van der Waals surface area contributed by atoms with Gasteiger partial charge in [0, 0.05) is 6.42 Å². The van der Waals surface area contributed by atoms with E-state index in [1.54, 1.807) is 6.92 Å². The summed E-state index contributed by atoms with van der Waals surface area (Å²) in [6.07, 6.45) is 10.3. The Morgan fingerprint density at radius 3 is 2.20 bits per heavy atom. The van der Waals surface area contributed by atoms with Crippen LogP contribution in [0.2, 0.25) is 0 Å². The van der Waals surface area contributed by atoms with Crippen molar-refractivity contribution in [3.05, 3.63) is 12.2 Å². The van der Waals surface area contributed by atoms with Crippen LogP contribution in [0.25, 0.3) is 0 Å². The molecule has 0 aromatic rings. The van der Waals surface area contributed by atoms with Gasteiger partial charge in [0.1, 0.15) is 0 Å². The second-order valence-electron chi connectivity index (χ2n) is 6.62. The molecule has 148 valence electrons. The van der Waals surface area contributed by atoms with E-state index in [4.69, 9.17) is 4.74 Å². The summed E-state index contributed by atoms with van der Waals surface area (Å²) >= 11 is 0. The summed E-state index contributed by atoms with van der Waals surface area (Å²) in [5.41, 5.74) is 0. The fraction of sp³-hybridized carbons (Fsp3) is 0.850. The van der Waals surface area contributed by atoms with Crippen molar-refractivity contribution < 1.29 is 24.9 Å². The van der Waals surface area contributed by atoms with E-state index in [1.807, 2.05) is 0 Å². The SMILES string of the molecule is CCCCCCCC[C@H](O)[C@H](O)/C=C/[C@@H](O)CCCCC(=O)OCC. The first-order valence-corrected chi connectivity index (χ1v) is 9.89. The Bertz CT molecular complexity index is 343. The van der Waals surface area contributed by atoms with Gasteiger partial charge in [-0.25, -0.2) is 0 Å². The minimum atomic E-state index is -0.940. The summed E-state index contributed by atoms with van der Waals surface area (Å²) in [5, 5.41) is 29.7. The van der Waals surface area contributed by atoms with Gasteiger partial charge in [0.2, 0.25) is 0 Å². The van der Waals surface area contributed by atoms with Gasteiger partial charge < -0.3 is 20.1 Å². The summed E-state index contributed by atoms with van der Waals surface area (Å²) in [7, 11) is 0. The number of aliphatic hydroxyl groups is 3. The zero-order chi connectivity index (χ0) is 18.9. The van der Waals surface area contributed by atoms with Crippen LogP contribution in [0.15, 0.2) is 12.2 Å². The van der Waals surface area contributed by atoms with Crippen LogP contribution >= 0.6 is 0 Å². The molecule has 5 heteroatoms. The minimum Gasteiger partial charge on any atom is -0.466 e. The largest absolute Gasteiger partial charge is 0.466 e. The summed E-state index contributed by atoms with van der Waals surface area (Å²) in [4.78, 5) is 11.2. The first kappa shape index (κ1) is 24.1. The van der Waals surface area contributed by atoms with E-state index < -0.39 is 18.3 Å². The zero-order valence-electron chi connectivity index (χ0n) is 16.0. The van der Waals surface area contributed by atoms with E-state index in [9.17, 15) is 20.1 Å². The van der Waals surface area contributed by atoms with Crippen molar-refractivity contribution >= 4 is 5.97 Å². The quantitative estimate of drug-likeness (QED) is 0.223. The molecule has 0 aliphatic carbocycles. The lowest BCUT2D eigenvalue weighted by Crippen LogP contribution is -2.24. The molecule has 0 fully saturated rings. The first-order valence-electron chi connectivity index (χ1n) is 9.89. The monoisotopic (exact) mass is 358 g/mol. The molecule has 3 atom stereocenters. The molecule has 0 unspecified atom stereocenters. The number of aliphatic hydroxyl groups excluding tert-OH is 3. The zero-order valence-corrected chi connectivity index (χ0v) is 16.0. The van der Waals surface area contributed by atoms with Crippen LogP contribution in [0.4, 0.5) is 0 Å². The summed E-state index contributed by atoms with van der Waals surface area (Å²) in [6, 6.07) is 0. The maximum Gasteiger partial charge on any atom is 0.305 e. The Morgan fingerprint density at radius 2 is 1.52 bits per heavy atom. The predicted octanol–water partition coefficient (Wildman–Crippen LogP) is 3.50. The van der Waals surface area contributed by atoms with Crippen LogP contribution in [0.1, 0.15) is 84.5 Å². The number of esters is 1. The lowest BCUT2D eigenvalue weighted by atomic mass is 10.0. The summed E-state index contributed by atoms with van der Waals surface area (Å²) in [5.74, 6) is -0.208. The molecule has 0 heterocycles. The van der Waals surface area contributed by atoms with E-state index >= 15 is 0 Å². The van der Waals surface area contributed by atoms with Crippen molar-refractivity contribution in [2.45, 2.75) is 103 Å². The van der Waals surface area contributed by atoms with Gasteiger partial charge in [-0.2, -0.15) is 0 Å². The van der Waals surface area contributed by atoms with Gasteiger partial charge in [0.05, 0.1) is 24.9 Å². The highest BCUT2D eigenvalue weighted by atomic mass is 16.5. The standard InChI is InChI=1S/C20H38O5/c1-3-5-6-7-8-9-13-18(22)19(23)16-15-17(21)12-10-11-14-20(24)25-4-2/h15-19,21-23H,3-14H2,1-2H3/b16-15+/t17-,18-,19+/m0/s1. The molecule has 25 heavy (non-hydrogen) atoms. The molecule has 0 aliphatic heterocycles. The van der Waals surface area contributed by atoms with Crippen LogP contribution in [0.3, 0.4) is 0 Å². The normalized spacial score (nSPS) is 15.2. The molecule has 3 N–H and O–H groups in total. The Hall–Kier alpha value is -0.910. The lowest BCUT2D eigenvalue weighted by Gasteiger charge is -2.15. The Balaban J connectivity index is 3.76. The number of carbonyl (C=O) groups excluding carboxylic acids is 1. The molecular weight excluding hydrogens is 320 g/mol. The third kappa shape index (κ3) is 15.1. The van der Waals surface area contributed by atoms with E-state index in [2.05, 4.69) is 6.92 Å². The third-order valence-corrected chi connectivity index (χ3v) is 4.21. The molecule has 5 nitrogen and oxygen atoms in total. The highest BCUT2D eigenvalue weighted by molar-refractivity contribution is 5.69. The fourth-order valence-corrected chi connectivity index (χ4v) is 2.63. The summed E-state index contributed by atoms with van der Waals surface area (Å²) < 4.78 is 4.84. The molecule has 0 radical (unpaired) electrons. The second-order valence-corrected chi connectivity index (χ2v) is 6.62.